The molecule has 8 nitrogen and oxygen atoms in total. The highest BCUT2D eigenvalue weighted by Crippen LogP contribution is 2.35. The minimum absolute atomic E-state index is 0.0314. The molecule has 0 aliphatic carbocycles. The van der Waals surface area contributed by atoms with Crippen LogP contribution in [0.15, 0.2) is 48.7 Å². The topological polar surface area (TPSA) is 122 Å². The molecule has 32 heavy (non-hydrogen) atoms. The van der Waals surface area contributed by atoms with Gasteiger partial charge in [0.1, 0.15) is 5.52 Å². The molecule has 1 aliphatic heterocycles. The molecule has 0 spiro atoms. The van der Waals surface area contributed by atoms with Gasteiger partial charge in [-0.2, -0.15) is 5.10 Å². The predicted molar refractivity (Wildman–Crippen MR) is 121 cm³/mol. The van der Waals surface area contributed by atoms with Gasteiger partial charge in [-0.15, -0.1) is 0 Å². The second-order valence-corrected chi connectivity index (χ2v) is 8.11. The van der Waals surface area contributed by atoms with E-state index < -0.39 is 5.91 Å². The molecule has 4 N–H and O–H groups in total. The summed E-state index contributed by atoms with van der Waals surface area (Å²) in [5, 5.41) is 17.7. The van der Waals surface area contributed by atoms with Gasteiger partial charge in [0.2, 0.25) is 0 Å². The van der Waals surface area contributed by atoms with Crippen LogP contribution in [-0.4, -0.2) is 45.3 Å². The Morgan fingerprint density at radius 2 is 1.91 bits per heavy atom. The average molecular weight is 434 g/mol. The predicted octanol–water partition coefficient (Wildman–Crippen LogP) is 3.67. The number of carbonyl (C=O) groups excluding carboxylic acids is 2. The van der Waals surface area contributed by atoms with E-state index in [0.29, 0.717) is 29.9 Å². The van der Waals surface area contributed by atoms with E-state index in [9.17, 15) is 14.7 Å². The zero-order valence-corrected chi connectivity index (χ0v) is 17.9. The molecule has 8 heteroatoms. The van der Waals surface area contributed by atoms with Gasteiger partial charge < -0.3 is 20.5 Å². The van der Waals surface area contributed by atoms with Gasteiger partial charge in [0.25, 0.3) is 5.91 Å². The maximum atomic E-state index is 12.2. The number of benzene rings is 2. The molecule has 4 rings (SSSR count). The van der Waals surface area contributed by atoms with E-state index in [2.05, 4.69) is 16.8 Å². The summed E-state index contributed by atoms with van der Waals surface area (Å²) in [7, 11) is 0. The summed E-state index contributed by atoms with van der Waals surface area (Å²) < 4.78 is 5.11. The number of likely N-dealkylation sites (tertiary alicyclic amines) is 1. The fourth-order valence-corrected chi connectivity index (χ4v) is 4.17. The third-order valence-electron chi connectivity index (χ3n) is 5.85. The monoisotopic (exact) mass is 434 g/mol. The number of nitrogens with one attached hydrogen (secondary N) is 1. The first-order chi connectivity index (χ1) is 15.4. The lowest BCUT2D eigenvalue weighted by Crippen LogP contribution is -2.38. The first kappa shape index (κ1) is 21.6. The van der Waals surface area contributed by atoms with Crippen LogP contribution in [-0.2, 0) is 11.3 Å². The number of carbonyl (C=O) groups is 2. The van der Waals surface area contributed by atoms with Gasteiger partial charge in [-0.3, -0.25) is 9.89 Å². The van der Waals surface area contributed by atoms with E-state index >= 15 is 0 Å². The standard InChI is InChI=1S/C24H26N4O4/c1-14(2)32-24(31)28-9-7-17(8-10-28)21-19-11-18(16-5-3-15(13-29)4-6-16)12-20(23(25)30)22(19)27-26-21/h3-6,11-12,17,29H,1,7-10,13H2,2H3,(H2,25,30)(H,26,27). The number of H-pyrrole nitrogens is 1. The number of aliphatic hydroxyl groups is 1. The zero-order valence-electron chi connectivity index (χ0n) is 17.9. The lowest BCUT2D eigenvalue weighted by molar-refractivity contribution is 0.100. The van der Waals surface area contributed by atoms with Crippen molar-refractivity contribution in [3.05, 3.63) is 65.6 Å². The molecule has 166 valence electrons. The summed E-state index contributed by atoms with van der Waals surface area (Å²) in [6, 6.07) is 11.3. The molecule has 2 heterocycles. The second kappa shape index (κ2) is 8.84. The lowest BCUT2D eigenvalue weighted by Gasteiger charge is -2.30. The van der Waals surface area contributed by atoms with Crippen LogP contribution in [0.3, 0.4) is 0 Å². The van der Waals surface area contributed by atoms with Crippen molar-refractivity contribution in [1.29, 1.82) is 0 Å². The van der Waals surface area contributed by atoms with Gasteiger partial charge in [-0.25, -0.2) is 4.79 Å². The van der Waals surface area contributed by atoms with Crippen LogP contribution in [0.25, 0.3) is 22.0 Å². The number of nitrogens with zero attached hydrogens (tertiary/aromatic N) is 2. The molecule has 1 saturated heterocycles. The number of aromatic nitrogens is 2. The molecule has 1 fully saturated rings. The number of primary amides is 1. The molecule has 0 bridgehead atoms. The van der Waals surface area contributed by atoms with Crippen LogP contribution in [0.5, 0.6) is 0 Å². The molecule has 2 amide bonds. The maximum Gasteiger partial charge on any atom is 0.414 e. The van der Waals surface area contributed by atoms with Crippen molar-refractivity contribution in [2.75, 3.05) is 13.1 Å². The summed E-state index contributed by atoms with van der Waals surface area (Å²) >= 11 is 0. The maximum absolute atomic E-state index is 12.2. The number of hydrogen-bond acceptors (Lipinski definition) is 5. The number of rotatable bonds is 5. The zero-order chi connectivity index (χ0) is 22.8. The van der Waals surface area contributed by atoms with Crippen molar-refractivity contribution in [2.24, 2.45) is 5.73 Å². The molecule has 2 aromatic carbocycles. The van der Waals surface area contributed by atoms with Crippen LogP contribution >= 0.6 is 0 Å². The minimum atomic E-state index is -0.542. The molecular formula is C24H26N4O4. The van der Waals surface area contributed by atoms with E-state index in [4.69, 9.17) is 10.5 Å². The normalized spacial score (nSPS) is 14.5. The van der Waals surface area contributed by atoms with Crippen molar-refractivity contribution < 1.29 is 19.4 Å². The number of aromatic amines is 1. The highest BCUT2D eigenvalue weighted by molar-refractivity contribution is 6.07. The average Bonchev–Trinajstić information content (AvgIpc) is 3.22. The Labute approximate surface area is 185 Å². The number of fused-ring (bicyclic) bond motifs is 1. The molecule has 0 atom stereocenters. The SMILES string of the molecule is C=C(C)OC(=O)N1CCC(c2[nH]nc3c(C(N)=O)cc(-c4ccc(CO)cc4)cc23)CC1. The number of amides is 2. The second-order valence-electron chi connectivity index (χ2n) is 8.11. The molecule has 1 aliphatic rings. The van der Waals surface area contributed by atoms with E-state index in [1.54, 1.807) is 17.9 Å². The summed E-state index contributed by atoms with van der Waals surface area (Å²) in [6.45, 7) is 6.34. The molecular weight excluding hydrogens is 408 g/mol. The van der Waals surface area contributed by atoms with E-state index in [-0.39, 0.29) is 18.6 Å². The Bertz CT molecular complexity index is 1170. The molecule has 3 aromatic rings. The van der Waals surface area contributed by atoms with Crippen molar-refractivity contribution >= 4 is 22.9 Å². The summed E-state index contributed by atoms with van der Waals surface area (Å²) in [5.74, 6) is -0.0175. The third-order valence-corrected chi connectivity index (χ3v) is 5.85. The fraction of sp³-hybridized carbons (Fsp3) is 0.292. The largest absolute Gasteiger partial charge is 0.416 e. The Hall–Kier alpha value is -3.65. The van der Waals surface area contributed by atoms with Crippen LogP contribution in [0.1, 0.15) is 47.3 Å². The van der Waals surface area contributed by atoms with Crippen LogP contribution in [0, 0.1) is 0 Å². The minimum Gasteiger partial charge on any atom is -0.416 e. The Morgan fingerprint density at radius 1 is 1.22 bits per heavy atom. The van der Waals surface area contributed by atoms with Gasteiger partial charge in [0, 0.05) is 30.1 Å². The number of aliphatic hydroxyl groups excluding tert-OH is 1. The Morgan fingerprint density at radius 3 is 2.50 bits per heavy atom. The molecule has 1 aromatic heterocycles. The fourth-order valence-electron chi connectivity index (χ4n) is 4.17. The number of allylic oxidation sites excluding steroid dienone is 1. The number of piperidine rings is 1. The Kier molecular flexibility index (Phi) is 5.96. The number of nitrogens with two attached hydrogens (primary N) is 1. The number of ether oxygens (including phenoxy) is 1. The van der Waals surface area contributed by atoms with Gasteiger partial charge in [0.15, 0.2) is 0 Å². The summed E-state index contributed by atoms with van der Waals surface area (Å²) in [5.41, 5.74) is 10.1. The van der Waals surface area contributed by atoms with Crippen molar-refractivity contribution in [2.45, 2.75) is 32.3 Å². The van der Waals surface area contributed by atoms with Crippen molar-refractivity contribution in [3.8, 4) is 11.1 Å². The van der Waals surface area contributed by atoms with E-state index in [0.717, 1.165) is 40.6 Å². The van der Waals surface area contributed by atoms with Gasteiger partial charge >= 0.3 is 6.09 Å². The molecule has 0 radical (unpaired) electrons. The first-order valence-electron chi connectivity index (χ1n) is 10.5. The first-order valence-corrected chi connectivity index (χ1v) is 10.5. The van der Waals surface area contributed by atoms with E-state index in [1.807, 2.05) is 30.3 Å². The lowest BCUT2D eigenvalue weighted by atomic mass is 9.90. The molecule has 0 saturated carbocycles. The van der Waals surface area contributed by atoms with Crippen LogP contribution < -0.4 is 5.73 Å². The highest BCUT2D eigenvalue weighted by atomic mass is 16.6. The quantitative estimate of drug-likeness (QED) is 0.529. The number of hydrogen-bond donors (Lipinski definition) is 3. The summed E-state index contributed by atoms with van der Waals surface area (Å²) in [4.78, 5) is 26.0. The van der Waals surface area contributed by atoms with Gasteiger partial charge in [0.05, 0.1) is 17.9 Å². The van der Waals surface area contributed by atoms with Gasteiger partial charge in [-0.05, 0) is 48.6 Å². The molecule has 0 unspecified atom stereocenters. The Balaban J connectivity index is 1.66. The van der Waals surface area contributed by atoms with Gasteiger partial charge in [-0.1, -0.05) is 30.8 Å². The third kappa shape index (κ3) is 4.22. The van der Waals surface area contributed by atoms with Crippen LogP contribution in [0.4, 0.5) is 4.79 Å². The van der Waals surface area contributed by atoms with Crippen LogP contribution in [0.2, 0.25) is 0 Å². The van der Waals surface area contributed by atoms with Crippen molar-refractivity contribution in [1.82, 2.24) is 15.1 Å². The highest BCUT2D eigenvalue weighted by Gasteiger charge is 2.28. The van der Waals surface area contributed by atoms with Crippen molar-refractivity contribution in [3.63, 3.8) is 0 Å². The smallest absolute Gasteiger partial charge is 0.414 e. The van der Waals surface area contributed by atoms with E-state index in [1.165, 1.54) is 0 Å². The summed E-state index contributed by atoms with van der Waals surface area (Å²) in [6.07, 6.45) is 1.10.